The number of Topliss-reactive ketones (excluding diaryl/α,β-unsaturated/α-hetero) is 1. The fourth-order valence-electron chi connectivity index (χ4n) is 1.52. The Labute approximate surface area is 103 Å². The monoisotopic (exact) mass is 284 g/mol. The lowest BCUT2D eigenvalue weighted by molar-refractivity contribution is -0.140. The van der Waals surface area contributed by atoms with Crippen LogP contribution >= 0.6 is 15.9 Å². The van der Waals surface area contributed by atoms with Crippen molar-refractivity contribution in [1.82, 2.24) is 0 Å². The Balaban J connectivity index is 3.12. The second-order valence-corrected chi connectivity index (χ2v) is 4.54. The lowest BCUT2D eigenvalue weighted by Crippen LogP contribution is -2.23. The summed E-state index contributed by atoms with van der Waals surface area (Å²) >= 11 is 3.27. The minimum atomic E-state index is -1.06. The fraction of sp³-hybridized carbons (Fsp3) is 0.333. The smallest absolute Gasteiger partial charge is 0.314 e. The van der Waals surface area contributed by atoms with Crippen LogP contribution < -0.4 is 0 Å². The molecule has 0 saturated carbocycles. The molecule has 0 spiro atoms. The Morgan fingerprint density at radius 1 is 1.44 bits per heavy atom. The molecule has 1 atom stereocenters. The van der Waals surface area contributed by atoms with E-state index in [9.17, 15) is 9.59 Å². The highest BCUT2D eigenvalue weighted by molar-refractivity contribution is 9.10. The third-order valence-corrected chi connectivity index (χ3v) is 2.98. The first-order valence-electron chi connectivity index (χ1n) is 5.00. The summed E-state index contributed by atoms with van der Waals surface area (Å²) in [6, 6.07) is 5.29. The average Bonchev–Trinajstić information content (AvgIpc) is 2.22. The van der Waals surface area contributed by atoms with E-state index in [2.05, 4.69) is 15.9 Å². The molecule has 0 amide bonds. The quantitative estimate of drug-likeness (QED) is 0.683. The summed E-state index contributed by atoms with van der Waals surface area (Å²) in [5.41, 5.74) is 1.27. The van der Waals surface area contributed by atoms with E-state index in [1.54, 1.807) is 26.0 Å². The van der Waals surface area contributed by atoms with E-state index in [1.807, 2.05) is 6.07 Å². The van der Waals surface area contributed by atoms with Crippen LogP contribution in [0.5, 0.6) is 0 Å². The zero-order valence-electron chi connectivity index (χ0n) is 9.16. The Morgan fingerprint density at radius 3 is 2.56 bits per heavy atom. The van der Waals surface area contributed by atoms with Crippen molar-refractivity contribution < 1.29 is 14.7 Å². The molecule has 0 bridgehead atoms. The van der Waals surface area contributed by atoms with E-state index < -0.39 is 11.9 Å². The van der Waals surface area contributed by atoms with Crippen LogP contribution in [-0.4, -0.2) is 16.9 Å². The molecule has 86 valence electrons. The molecule has 1 aromatic carbocycles. The molecule has 0 aliphatic rings. The molecule has 1 N–H and O–H groups in total. The number of hydrogen-bond donors (Lipinski definition) is 1. The summed E-state index contributed by atoms with van der Waals surface area (Å²) in [5, 5.41) is 8.93. The molecule has 1 rings (SSSR count). The van der Waals surface area contributed by atoms with Gasteiger partial charge < -0.3 is 5.11 Å². The van der Waals surface area contributed by atoms with Crippen LogP contribution in [0, 0.1) is 12.8 Å². The normalized spacial score (nSPS) is 12.2. The number of carbonyl (C=O) groups excluding carboxylic acids is 1. The molecule has 1 unspecified atom stereocenters. The van der Waals surface area contributed by atoms with E-state index in [-0.39, 0.29) is 5.78 Å². The molecule has 1 aromatic rings. The van der Waals surface area contributed by atoms with Crippen molar-refractivity contribution in [2.75, 3.05) is 0 Å². The standard InChI is InChI=1S/C12H13BrO3/c1-3-9(12(15)16)11(14)10-6-8(13)5-4-7(10)2/h4-6,9H,3H2,1-2H3,(H,15,16). The first kappa shape index (κ1) is 12.9. The second kappa shape index (κ2) is 5.25. The van der Waals surface area contributed by atoms with E-state index in [0.717, 1.165) is 10.0 Å². The van der Waals surface area contributed by atoms with Crippen LogP contribution in [0.25, 0.3) is 0 Å². The highest BCUT2D eigenvalue weighted by Crippen LogP contribution is 2.20. The van der Waals surface area contributed by atoms with Gasteiger partial charge in [0.25, 0.3) is 0 Å². The minimum Gasteiger partial charge on any atom is -0.481 e. The number of carbonyl (C=O) groups is 2. The number of benzene rings is 1. The summed E-state index contributed by atoms with van der Waals surface area (Å²) in [6.07, 6.45) is 0.306. The van der Waals surface area contributed by atoms with Crippen molar-refractivity contribution in [3.05, 3.63) is 33.8 Å². The molecule has 0 aromatic heterocycles. The number of ketones is 1. The predicted molar refractivity (Wildman–Crippen MR) is 64.6 cm³/mol. The zero-order valence-corrected chi connectivity index (χ0v) is 10.7. The van der Waals surface area contributed by atoms with Crippen molar-refractivity contribution >= 4 is 27.7 Å². The maximum absolute atomic E-state index is 12.0. The lowest BCUT2D eigenvalue weighted by atomic mass is 9.93. The average molecular weight is 285 g/mol. The van der Waals surface area contributed by atoms with Gasteiger partial charge >= 0.3 is 5.97 Å². The summed E-state index contributed by atoms with van der Waals surface area (Å²) in [4.78, 5) is 22.9. The molecule has 16 heavy (non-hydrogen) atoms. The van der Waals surface area contributed by atoms with Gasteiger partial charge in [-0.25, -0.2) is 0 Å². The molecule has 4 heteroatoms. The summed E-state index contributed by atoms with van der Waals surface area (Å²) < 4.78 is 0.779. The SMILES string of the molecule is CCC(C(=O)O)C(=O)c1cc(Br)ccc1C. The van der Waals surface area contributed by atoms with E-state index in [4.69, 9.17) is 5.11 Å². The highest BCUT2D eigenvalue weighted by atomic mass is 79.9. The molecule has 0 aliphatic carbocycles. The molecular weight excluding hydrogens is 272 g/mol. The van der Waals surface area contributed by atoms with Gasteiger partial charge in [0.05, 0.1) is 0 Å². The largest absolute Gasteiger partial charge is 0.481 e. The number of rotatable bonds is 4. The van der Waals surface area contributed by atoms with Crippen LogP contribution in [0.3, 0.4) is 0 Å². The first-order chi connectivity index (χ1) is 7.47. The highest BCUT2D eigenvalue weighted by Gasteiger charge is 2.26. The van der Waals surface area contributed by atoms with Gasteiger partial charge in [-0.2, -0.15) is 0 Å². The maximum Gasteiger partial charge on any atom is 0.314 e. The zero-order chi connectivity index (χ0) is 12.3. The van der Waals surface area contributed by atoms with Gasteiger partial charge in [-0.15, -0.1) is 0 Å². The van der Waals surface area contributed by atoms with Gasteiger partial charge in [0.2, 0.25) is 0 Å². The van der Waals surface area contributed by atoms with Gasteiger partial charge in [0.15, 0.2) is 5.78 Å². The predicted octanol–water partition coefficient (Wildman–Crippen LogP) is 3.05. The number of carboxylic acid groups (broad SMARTS) is 1. The summed E-state index contributed by atoms with van der Waals surface area (Å²) in [7, 11) is 0. The van der Waals surface area contributed by atoms with Crippen LogP contribution in [-0.2, 0) is 4.79 Å². The van der Waals surface area contributed by atoms with Crippen LogP contribution in [0.2, 0.25) is 0 Å². The minimum absolute atomic E-state index is 0.306. The summed E-state index contributed by atoms with van der Waals surface area (Å²) in [5.74, 6) is -2.34. The Hall–Kier alpha value is -1.16. The number of aliphatic carboxylic acids is 1. The number of hydrogen-bond acceptors (Lipinski definition) is 2. The topological polar surface area (TPSA) is 54.4 Å². The van der Waals surface area contributed by atoms with E-state index >= 15 is 0 Å². The third-order valence-electron chi connectivity index (χ3n) is 2.49. The maximum atomic E-state index is 12.0. The molecule has 0 saturated heterocycles. The van der Waals surface area contributed by atoms with Crippen molar-refractivity contribution in [3.63, 3.8) is 0 Å². The van der Waals surface area contributed by atoms with Crippen LogP contribution in [0.1, 0.15) is 29.3 Å². The van der Waals surface area contributed by atoms with Crippen molar-refractivity contribution in [3.8, 4) is 0 Å². The molecule has 0 aliphatic heterocycles. The summed E-state index contributed by atoms with van der Waals surface area (Å²) in [6.45, 7) is 3.50. The van der Waals surface area contributed by atoms with Gasteiger partial charge in [0, 0.05) is 10.0 Å². The molecule has 0 heterocycles. The molecular formula is C12H13BrO3. The lowest BCUT2D eigenvalue weighted by Gasteiger charge is -2.11. The fourth-order valence-corrected chi connectivity index (χ4v) is 1.88. The van der Waals surface area contributed by atoms with Gasteiger partial charge in [-0.3, -0.25) is 9.59 Å². The van der Waals surface area contributed by atoms with Crippen molar-refractivity contribution in [2.45, 2.75) is 20.3 Å². The molecule has 3 nitrogen and oxygen atoms in total. The van der Waals surface area contributed by atoms with Gasteiger partial charge in [0.1, 0.15) is 5.92 Å². The molecule has 0 radical (unpaired) electrons. The first-order valence-corrected chi connectivity index (χ1v) is 5.79. The van der Waals surface area contributed by atoms with Crippen LogP contribution in [0.4, 0.5) is 0 Å². The number of halogens is 1. The number of aryl methyl sites for hydroxylation is 1. The Bertz CT molecular complexity index is 426. The van der Waals surface area contributed by atoms with Gasteiger partial charge in [-0.1, -0.05) is 28.9 Å². The molecule has 0 fully saturated rings. The van der Waals surface area contributed by atoms with E-state index in [1.165, 1.54) is 0 Å². The Kier molecular flexibility index (Phi) is 4.24. The van der Waals surface area contributed by atoms with Crippen LogP contribution in [0.15, 0.2) is 22.7 Å². The Morgan fingerprint density at radius 2 is 2.06 bits per heavy atom. The third kappa shape index (κ3) is 2.70. The van der Waals surface area contributed by atoms with E-state index in [0.29, 0.717) is 12.0 Å². The van der Waals surface area contributed by atoms with Gasteiger partial charge in [-0.05, 0) is 31.0 Å². The second-order valence-electron chi connectivity index (χ2n) is 3.62. The van der Waals surface area contributed by atoms with Crippen molar-refractivity contribution in [1.29, 1.82) is 0 Å². The number of carboxylic acids is 1. The van der Waals surface area contributed by atoms with Crippen molar-refractivity contribution in [2.24, 2.45) is 5.92 Å².